The molecule has 1 atom stereocenters. The molecule has 0 aliphatic carbocycles. The summed E-state index contributed by atoms with van der Waals surface area (Å²) >= 11 is 1.08. The van der Waals surface area contributed by atoms with E-state index in [1.165, 1.54) is 24.5 Å². The van der Waals surface area contributed by atoms with Gasteiger partial charge >= 0.3 is 12.1 Å². The average molecular weight is 592 g/mol. The van der Waals surface area contributed by atoms with E-state index in [2.05, 4.69) is 20.3 Å². The third-order valence-electron chi connectivity index (χ3n) is 6.80. The smallest absolute Gasteiger partial charge is 0.419 e. The summed E-state index contributed by atoms with van der Waals surface area (Å²) in [5.74, 6) is -0.535. The predicted octanol–water partition coefficient (Wildman–Crippen LogP) is 4.82. The van der Waals surface area contributed by atoms with Gasteiger partial charge in [0, 0.05) is 30.5 Å². The fourth-order valence-corrected chi connectivity index (χ4v) is 5.34. The molecule has 2 aromatic heterocycles. The maximum absolute atomic E-state index is 13.8. The van der Waals surface area contributed by atoms with Crippen molar-refractivity contribution in [2.45, 2.75) is 38.5 Å². The second kappa shape index (κ2) is 12.4. The van der Waals surface area contributed by atoms with Crippen LogP contribution in [0, 0.1) is 5.92 Å². The van der Waals surface area contributed by atoms with Crippen molar-refractivity contribution in [3.05, 3.63) is 47.2 Å². The van der Waals surface area contributed by atoms with Crippen molar-refractivity contribution in [1.29, 1.82) is 0 Å². The molecule has 218 valence electrons. The molecule has 1 amide bonds. The Balaban J connectivity index is 1.21. The van der Waals surface area contributed by atoms with E-state index in [1.54, 1.807) is 12.3 Å². The quantitative estimate of drug-likeness (QED) is 0.368. The third kappa shape index (κ3) is 6.93. The third-order valence-corrected chi connectivity index (χ3v) is 7.55. The van der Waals surface area contributed by atoms with Gasteiger partial charge in [-0.15, -0.1) is 11.3 Å². The zero-order chi connectivity index (χ0) is 29.0. The standard InChI is InChI=1S/C27H28F3N5O5S/c1-2-39-25(37)16-5-8-35(9-6-16)23-13-31-20(12-32-23)24(36)34-26-33-21(15-41-26)17-3-4-22(19(11-17)27(28,29)30)40-18-7-10-38-14-18/h3-4,11-13,15-16,18H,2,5-10,14H2,1H3,(H,33,34,36)/t18-/m1/s1. The predicted molar refractivity (Wildman–Crippen MR) is 144 cm³/mol. The van der Waals surface area contributed by atoms with Crippen molar-refractivity contribution in [1.82, 2.24) is 15.0 Å². The molecule has 1 N–H and O–H groups in total. The number of carbonyl (C=O) groups excluding carboxylic acids is 2. The molecule has 41 heavy (non-hydrogen) atoms. The molecule has 0 spiro atoms. The van der Waals surface area contributed by atoms with Gasteiger partial charge in [0.15, 0.2) is 5.13 Å². The van der Waals surface area contributed by atoms with Crippen LogP contribution in [-0.4, -0.2) is 65.8 Å². The van der Waals surface area contributed by atoms with E-state index in [-0.39, 0.29) is 46.3 Å². The number of benzene rings is 1. The molecule has 0 bridgehead atoms. The first-order valence-electron chi connectivity index (χ1n) is 13.2. The summed E-state index contributed by atoms with van der Waals surface area (Å²) in [4.78, 5) is 39.5. The molecule has 2 aliphatic heterocycles. The largest absolute Gasteiger partial charge is 0.487 e. The van der Waals surface area contributed by atoms with Gasteiger partial charge < -0.3 is 19.1 Å². The number of halogens is 3. The number of aromatic nitrogens is 3. The number of alkyl halides is 3. The van der Waals surface area contributed by atoms with Crippen LogP contribution in [0.25, 0.3) is 11.3 Å². The molecule has 10 nitrogen and oxygen atoms in total. The number of esters is 1. The number of nitrogens with zero attached hydrogens (tertiary/aromatic N) is 4. The number of piperidine rings is 1. The Bertz CT molecular complexity index is 1370. The minimum atomic E-state index is -4.63. The van der Waals surface area contributed by atoms with Gasteiger partial charge in [-0.2, -0.15) is 13.2 Å². The number of amides is 1. The van der Waals surface area contributed by atoms with Crippen molar-refractivity contribution < 1.29 is 37.0 Å². The summed E-state index contributed by atoms with van der Waals surface area (Å²) in [6.45, 7) is 4.06. The number of hydrogen-bond acceptors (Lipinski definition) is 10. The molecule has 0 saturated carbocycles. The zero-order valence-electron chi connectivity index (χ0n) is 22.1. The van der Waals surface area contributed by atoms with E-state index in [1.807, 2.05) is 4.90 Å². The highest BCUT2D eigenvalue weighted by atomic mass is 32.1. The fraction of sp³-hybridized carbons (Fsp3) is 0.444. The fourth-order valence-electron chi connectivity index (χ4n) is 4.63. The van der Waals surface area contributed by atoms with E-state index < -0.39 is 23.8 Å². The zero-order valence-corrected chi connectivity index (χ0v) is 23.0. The van der Waals surface area contributed by atoms with Gasteiger partial charge in [-0.3, -0.25) is 14.9 Å². The second-order valence-corrected chi connectivity index (χ2v) is 10.4. The van der Waals surface area contributed by atoms with Gasteiger partial charge in [0.25, 0.3) is 5.91 Å². The molecular formula is C27H28F3N5O5S. The number of hydrogen-bond donors (Lipinski definition) is 1. The van der Waals surface area contributed by atoms with E-state index in [9.17, 15) is 22.8 Å². The topological polar surface area (TPSA) is 116 Å². The normalized spacial score (nSPS) is 17.9. The van der Waals surface area contributed by atoms with E-state index >= 15 is 0 Å². The molecule has 5 rings (SSSR count). The van der Waals surface area contributed by atoms with Crippen LogP contribution in [-0.2, 0) is 20.4 Å². The minimum absolute atomic E-state index is 0.0589. The number of anilines is 2. The van der Waals surface area contributed by atoms with Crippen LogP contribution >= 0.6 is 11.3 Å². The van der Waals surface area contributed by atoms with Crippen molar-refractivity contribution in [3.63, 3.8) is 0 Å². The summed E-state index contributed by atoms with van der Waals surface area (Å²) in [5, 5.41) is 4.39. The first-order chi connectivity index (χ1) is 19.7. The number of nitrogens with one attached hydrogen (secondary N) is 1. The Labute approximate surface area is 237 Å². The van der Waals surface area contributed by atoms with Crippen LogP contribution in [0.1, 0.15) is 42.2 Å². The number of rotatable bonds is 8. The Hall–Kier alpha value is -3.78. The van der Waals surface area contributed by atoms with Crippen LogP contribution in [0.2, 0.25) is 0 Å². The van der Waals surface area contributed by atoms with E-state index in [0.717, 1.165) is 17.4 Å². The molecule has 2 saturated heterocycles. The van der Waals surface area contributed by atoms with Crippen LogP contribution < -0.4 is 15.0 Å². The second-order valence-electron chi connectivity index (χ2n) is 9.58. The van der Waals surface area contributed by atoms with Gasteiger partial charge in [-0.05, 0) is 38.0 Å². The molecule has 14 heteroatoms. The lowest BCUT2D eigenvalue weighted by Gasteiger charge is -2.31. The summed E-state index contributed by atoms with van der Waals surface area (Å²) in [6.07, 6.45) is -0.400. The summed E-state index contributed by atoms with van der Waals surface area (Å²) in [7, 11) is 0. The van der Waals surface area contributed by atoms with Gasteiger partial charge in [-0.1, -0.05) is 0 Å². The lowest BCUT2D eigenvalue weighted by Crippen LogP contribution is -2.37. The van der Waals surface area contributed by atoms with E-state index in [0.29, 0.717) is 51.4 Å². The molecule has 3 aromatic rings. The maximum Gasteiger partial charge on any atom is 0.419 e. The lowest BCUT2D eigenvalue weighted by molar-refractivity contribution is -0.148. The molecule has 4 heterocycles. The van der Waals surface area contributed by atoms with E-state index in [4.69, 9.17) is 14.2 Å². The minimum Gasteiger partial charge on any atom is -0.487 e. The van der Waals surface area contributed by atoms with Crippen LogP contribution in [0.15, 0.2) is 36.0 Å². The molecule has 0 unspecified atom stereocenters. The lowest BCUT2D eigenvalue weighted by atomic mass is 9.97. The first kappa shape index (κ1) is 28.7. The Kier molecular flexibility index (Phi) is 8.68. The van der Waals surface area contributed by atoms with Crippen molar-refractivity contribution in [2.75, 3.05) is 43.1 Å². The first-order valence-corrected chi connectivity index (χ1v) is 14.1. The molecule has 1 aromatic carbocycles. The average Bonchev–Trinajstić information content (AvgIpc) is 3.65. The van der Waals surface area contributed by atoms with Gasteiger partial charge in [0.1, 0.15) is 23.4 Å². The SMILES string of the molecule is CCOC(=O)C1CCN(c2cnc(C(=O)Nc3nc(-c4ccc(O[C@@H]5CCOC5)c(C(F)(F)F)c4)cs3)cn2)CC1. The monoisotopic (exact) mass is 591 g/mol. The summed E-state index contributed by atoms with van der Waals surface area (Å²) in [5.41, 5.74) is -0.330. The Morgan fingerprint density at radius 2 is 1.98 bits per heavy atom. The summed E-state index contributed by atoms with van der Waals surface area (Å²) < 4.78 is 57.2. The Morgan fingerprint density at radius 3 is 2.63 bits per heavy atom. The van der Waals surface area contributed by atoms with Crippen LogP contribution in [0.3, 0.4) is 0 Å². The molecule has 2 aliphatic rings. The van der Waals surface area contributed by atoms with Crippen LogP contribution in [0.5, 0.6) is 5.75 Å². The van der Waals surface area contributed by atoms with Gasteiger partial charge in [-0.25, -0.2) is 15.0 Å². The number of ether oxygens (including phenoxy) is 3. The molecule has 0 radical (unpaired) electrons. The van der Waals surface area contributed by atoms with Crippen molar-refractivity contribution in [2.24, 2.45) is 5.92 Å². The molecule has 2 fully saturated rings. The highest BCUT2D eigenvalue weighted by Gasteiger charge is 2.36. The summed E-state index contributed by atoms with van der Waals surface area (Å²) in [6, 6.07) is 3.77. The highest BCUT2D eigenvalue weighted by molar-refractivity contribution is 7.14. The number of thiazole rings is 1. The molecular weight excluding hydrogens is 563 g/mol. The van der Waals surface area contributed by atoms with Gasteiger partial charge in [0.05, 0.1) is 49.4 Å². The van der Waals surface area contributed by atoms with Crippen molar-refractivity contribution in [3.8, 4) is 17.0 Å². The maximum atomic E-state index is 13.8. The Morgan fingerprint density at radius 1 is 1.17 bits per heavy atom. The van der Waals surface area contributed by atoms with Crippen molar-refractivity contribution >= 4 is 34.2 Å². The van der Waals surface area contributed by atoms with Crippen LogP contribution in [0.4, 0.5) is 24.1 Å². The highest BCUT2D eigenvalue weighted by Crippen LogP contribution is 2.40. The van der Waals surface area contributed by atoms with Gasteiger partial charge in [0.2, 0.25) is 0 Å². The number of carbonyl (C=O) groups is 2.